The minimum atomic E-state index is 0.158. The zero-order chi connectivity index (χ0) is 17.7. The molecule has 1 atom stereocenters. The molecule has 0 saturated heterocycles. The standard InChI is InChI=1S/C21H20N2O3/c1-13-6-14-7-19-20(26-12-25-19)8-16(14)11-23(13)21(24)9-15-10-22-18-5-3-2-4-17(15)18/h2-5,7-8,10,13,22H,6,9,11-12H2,1H3. The zero-order valence-electron chi connectivity index (χ0n) is 14.6. The third-order valence-electron chi connectivity index (χ3n) is 5.42. The summed E-state index contributed by atoms with van der Waals surface area (Å²) in [7, 11) is 0. The van der Waals surface area contributed by atoms with Crippen LogP contribution in [0.25, 0.3) is 10.9 Å². The van der Waals surface area contributed by atoms with Crippen molar-refractivity contribution in [3.8, 4) is 11.5 Å². The molecule has 0 fully saturated rings. The summed E-state index contributed by atoms with van der Waals surface area (Å²) < 4.78 is 11.0. The molecule has 1 N–H and O–H groups in total. The van der Waals surface area contributed by atoms with E-state index in [0.29, 0.717) is 13.0 Å². The van der Waals surface area contributed by atoms with Gasteiger partial charge in [-0.05, 0) is 48.2 Å². The number of hydrogen-bond donors (Lipinski definition) is 1. The second-order valence-electron chi connectivity index (χ2n) is 7.09. The molecule has 5 heteroatoms. The Hall–Kier alpha value is -2.95. The number of hydrogen-bond acceptors (Lipinski definition) is 3. The Morgan fingerprint density at radius 1 is 1.19 bits per heavy atom. The van der Waals surface area contributed by atoms with E-state index in [9.17, 15) is 4.79 Å². The minimum absolute atomic E-state index is 0.158. The van der Waals surface area contributed by atoms with Gasteiger partial charge in [-0.15, -0.1) is 0 Å². The van der Waals surface area contributed by atoms with E-state index in [4.69, 9.17) is 9.47 Å². The van der Waals surface area contributed by atoms with Crippen LogP contribution in [0.1, 0.15) is 23.6 Å². The van der Waals surface area contributed by atoms with Crippen LogP contribution in [0, 0.1) is 0 Å². The highest BCUT2D eigenvalue weighted by Gasteiger charge is 2.29. The summed E-state index contributed by atoms with van der Waals surface area (Å²) in [6.45, 7) is 3.01. The summed E-state index contributed by atoms with van der Waals surface area (Å²) >= 11 is 0. The first-order valence-electron chi connectivity index (χ1n) is 8.95. The van der Waals surface area contributed by atoms with E-state index in [1.165, 1.54) is 5.56 Å². The van der Waals surface area contributed by atoms with Crippen LogP contribution in [-0.4, -0.2) is 28.6 Å². The van der Waals surface area contributed by atoms with Crippen molar-refractivity contribution in [3.05, 3.63) is 59.3 Å². The molecule has 2 aliphatic heterocycles. The Bertz CT molecular complexity index is 1010. The van der Waals surface area contributed by atoms with Crippen LogP contribution >= 0.6 is 0 Å². The molecule has 0 bridgehead atoms. The number of fused-ring (bicyclic) bond motifs is 3. The van der Waals surface area contributed by atoms with Crippen LogP contribution < -0.4 is 9.47 Å². The lowest BCUT2D eigenvalue weighted by Crippen LogP contribution is -2.43. The van der Waals surface area contributed by atoms with Crippen LogP contribution in [-0.2, 0) is 24.2 Å². The number of carbonyl (C=O) groups excluding carboxylic acids is 1. The second-order valence-corrected chi connectivity index (χ2v) is 7.09. The second kappa shape index (κ2) is 5.80. The molecule has 1 aromatic heterocycles. The highest BCUT2D eigenvalue weighted by molar-refractivity contribution is 5.89. The molecule has 2 aliphatic rings. The van der Waals surface area contributed by atoms with Gasteiger partial charge in [0.15, 0.2) is 11.5 Å². The Balaban J connectivity index is 1.40. The number of para-hydroxylation sites is 1. The van der Waals surface area contributed by atoms with Crippen molar-refractivity contribution in [2.24, 2.45) is 0 Å². The van der Waals surface area contributed by atoms with Gasteiger partial charge in [-0.2, -0.15) is 0 Å². The molecular formula is C21H20N2O3. The van der Waals surface area contributed by atoms with Gasteiger partial charge < -0.3 is 19.4 Å². The Labute approximate surface area is 151 Å². The molecule has 3 aromatic rings. The highest BCUT2D eigenvalue weighted by Crippen LogP contribution is 2.38. The first-order chi connectivity index (χ1) is 12.7. The molecular weight excluding hydrogens is 328 g/mol. The maximum atomic E-state index is 13.0. The normalized spacial score (nSPS) is 18.2. The lowest BCUT2D eigenvalue weighted by molar-refractivity contribution is -0.133. The Morgan fingerprint density at radius 2 is 1.96 bits per heavy atom. The largest absolute Gasteiger partial charge is 0.454 e. The number of aromatic nitrogens is 1. The fourth-order valence-electron chi connectivity index (χ4n) is 4.01. The van der Waals surface area contributed by atoms with Crippen molar-refractivity contribution in [2.45, 2.75) is 32.4 Å². The number of nitrogens with zero attached hydrogens (tertiary/aromatic N) is 1. The smallest absolute Gasteiger partial charge is 0.231 e. The van der Waals surface area contributed by atoms with E-state index in [-0.39, 0.29) is 18.7 Å². The van der Waals surface area contributed by atoms with Crippen molar-refractivity contribution < 1.29 is 14.3 Å². The predicted octanol–water partition coefficient (Wildman–Crippen LogP) is 3.41. The van der Waals surface area contributed by atoms with Crippen LogP contribution in [0.2, 0.25) is 0 Å². The van der Waals surface area contributed by atoms with Crippen molar-refractivity contribution in [1.82, 2.24) is 9.88 Å². The quantitative estimate of drug-likeness (QED) is 0.772. The van der Waals surface area contributed by atoms with E-state index in [2.05, 4.69) is 24.0 Å². The molecule has 132 valence electrons. The first-order valence-corrected chi connectivity index (χ1v) is 8.95. The molecule has 1 unspecified atom stereocenters. The average Bonchev–Trinajstić information content (AvgIpc) is 3.26. The molecule has 5 nitrogen and oxygen atoms in total. The highest BCUT2D eigenvalue weighted by atomic mass is 16.7. The van der Waals surface area contributed by atoms with Gasteiger partial charge in [0, 0.05) is 29.7 Å². The monoisotopic (exact) mass is 348 g/mol. The molecule has 1 amide bonds. The molecule has 3 heterocycles. The van der Waals surface area contributed by atoms with E-state index >= 15 is 0 Å². The van der Waals surface area contributed by atoms with Gasteiger partial charge >= 0.3 is 0 Å². The van der Waals surface area contributed by atoms with Crippen LogP contribution in [0.4, 0.5) is 0 Å². The topological polar surface area (TPSA) is 54.6 Å². The predicted molar refractivity (Wildman–Crippen MR) is 98.3 cm³/mol. The van der Waals surface area contributed by atoms with Crippen molar-refractivity contribution in [1.29, 1.82) is 0 Å². The number of nitrogens with one attached hydrogen (secondary N) is 1. The van der Waals surface area contributed by atoms with Gasteiger partial charge in [-0.1, -0.05) is 18.2 Å². The molecule has 0 aliphatic carbocycles. The third-order valence-corrected chi connectivity index (χ3v) is 5.42. The van der Waals surface area contributed by atoms with E-state index < -0.39 is 0 Å². The number of carbonyl (C=O) groups is 1. The van der Waals surface area contributed by atoms with Crippen LogP contribution in [0.3, 0.4) is 0 Å². The van der Waals surface area contributed by atoms with Crippen LogP contribution in [0.15, 0.2) is 42.6 Å². The van der Waals surface area contributed by atoms with Gasteiger partial charge in [0.05, 0.1) is 6.42 Å². The van der Waals surface area contributed by atoms with Crippen molar-refractivity contribution in [2.75, 3.05) is 6.79 Å². The Morgan fingerprint density at radius 3 is 2.81 bits per heavy atom. The molecule has 26 heavy (non-hydrogen) atoms. The van der Waals surface area contributed by atoms with Gasteiger partial charge in [0.25, 0.3) is 0 Å². The summed E-state index contributed by atoms with van der Waals surface area (Å²) in [4.78, 5) is 18.2. The minimum Gasteiger partial charge on any atom is -0.454 e. The van der Waals surface area contributed by atoms with E-state index in [1.54, 1.807) is 0 Å². The van der Waals surface area contributed by atoms with Gasteiger partial charge in [0.2, 0.25) is 12.7 Å². The number of aromatic amines is 1. The summed E-state index contributed by atoms with van der Waals surface area (Å²) in [6, 6.07) is 12.4. The molecule has 0 radical (unpaired) electrons. The molecule has 5 rings (SSSR count). The SMILES string of the molecule is CC1Cc2cc3c(cc2CN1C(=O)Cc1c[nH]c2ccccc12)OCO3. The van der Waals surface area contributed by atoms with Crippen LogP contribution in [0.5, 0.6) is 11.5 Å². The third kappa shape index (κ3) is 2.43. The number of benzene rings is 2. The van der Waals surface area contributed by atoms with Gasteiger partial charge in [-0.25, -0.2) is 0 Å². The summed E-state index contributed by atoms with van der Waals surface area (Å²) in [5.41, 5.74) is 4.52. The molecule has 0 saturated carbocycles. The van der Waals surface area contributed by atoms with Crippen molar-refractivity contribution >= 4 is 16.8 Å². The zero-order valence-corrected chi connectivity index (χ0v) is 14.6. The maximum Gasteiger partial charge on any atom is 0.231 e. The summed E-state index contributed by atoms with van der Waals surface area (Å²) in [5.74, 6) is 1.75. The number of H-pyrrole nitrogens is 1. The fourth-order valence-corrected chi connectivity index (χ4v) is 4.01. The van der Waals surface area contributed by atoms with E-state index in [1.807, 2.05) is 35.4 Å². The van der Waals surface area contributed by atoms with Gasteiger partial charge in [0.1, 0.15) is 0 Å². The Kier molecular flexibility index (Phi) is 3.42. The number of ether oxygens (including phenoxy) is 2. The first kappa shape index (κ1) is 15.3. The summed E-state index contributed by atoms with van der Waals surface area (Å²) in [5, 5.41) is 1.12. The lowest BCUT2D eigenvalue weighted by Gasteiger charge is -2.35. The molecule has 0 spiro atoms. The number of amides is 1. The van der Waals surface area contributed by atoms with Crippen molar-refractivity contribution in [3.63, 3.8) is 0 Å². The fraction of sp³-hybridized carbons (Fsp3) is 0.286. The maximum absolute atomic E-state index is 13.0. The number of rotatable bonds is 2. The summed E-state index contributed by atoms with van der Waals surface area (Å²) in [6.07, 6.45) is 3.20. The van der Waals surface area contributed by atoms with Gasteiger partial charge in [-0.3, -0.25) is 4.79 Å². The molecule has 2 aromatic carbocycles. The van der Waals surface area contributed by atoms with E-state index in [0.717, 1.165) is 39.9 Å². The average molecular weight is 348 g/mol. The lowest BCUT2D eigenvalue weighted by atomic mass is 9.93.